The Kier molecular flexibility index (Phi) is 8.58. The van der Waals surface area contributed by atoms with Gasteiger partial charge >= 0.3 is 51.4 Å². The Morgan fingerprint density at radius 2 is 1.86 bits per heavy atom. The summed E-state index contributed by atoms with van der Waals surface area (Å²) in [5.74, 6) is -0.0741. The van der Waals surface area contributed by atoms with E-state index in [-0.39, 0.29) is 57.2 Å². The van der Waals surface area contributed by atoms with Gasteiger partial charge in [-0.2, -0.15) is 0 Å². The van der Waals surface area contributed by atoms with Crippen molar-refractivity contribution in [3.05, 3.63) is 5.73 Å². The zero-order chi connectivity index (χ0) is 5.15. The van der Waals surface area contributed by atoms with Crippen LogP contribution in [0.25, 0.3) is 5.73 Å². The number of hydrogen-bond acceptors (Lipinski definition) is 1. The zero-order valence-electron chi connectivity index (χ0n) is 4.99. The van der Waals surface area contributed by atoms with Gasteiger partial charge in [0.05, 0.1) is 0 Å². The van der Waals surface area contributed by atoms with Crippen LogP contribution in [-0.2, 0) is 4.79 Å². The van der Waals surface area contributed by atoms with Crippen LogP contribution in [0.1, 0.15) is 13.8 Å². The van der Waals surface area contributed by atoms with Crippen molar-refractivity contribution in [3.8, 4) is 0 Å². The second-order valence-electron chi connectivity index (χ2n) is 1.33. The van der Waals surface area contributed by atoms with Crippen LogP contribution >= 0.6 is 0 Å². The second kappa shape index (κ2) is 5.40. The molecule has 0 amide bonds. The van der Waals surface area contributed by atoms with Crippen LogP contribution in [0.4, 0.5) is 0 Å². The van der Waals surface area contributed by atoms with E-state index in [1.54, 1.807) is 6.92 Å². The summed E-state index contributed by atoms with van der Waals surface area (Å²) < 4.78 is 0. The summed E-state index contributed by atoms with van der Waals surface area (Å²) in [4.78, 5) is 9.96. The Morgan fingerprint density at radius 3 is 1.86 bits per heavy atom. The van der Waals surface area contributed by atoms with Gasteiger partial charge in [-0.25, -0.2) is 0 Å². The van der Waals surface area contributed by atoms with Crippen LogP contribution in [0.3, 0.4) is 0 Å². The molecule has 0 fully saturated rings. The number of ketones is 1. The second-order valence-corrected chi connectivity index (χ2v) is 1.33. The van der Waals surface area contributed by atoms with E-state index in [9.17, 15) is 4.79 Å². The van der Waals surface area contributed by atoms with Crippen LogP contribution in [-0.4, -0.2) is 11.8 Å². The van der Waals surface area contributed by atoms with Crippen molar-refractivity contribution in [1.82, 2.24) is 0 Å². The van der Waals surface area contributed by atoms with E-state index in [0.29, 0.717) is 0 Å². The number of rotatable bonds is 1. The summed E-state index contributed by atoms with van der Waals surface area (Å²) in [6.45, 7) is 2.97. The maximum atomic E-state index is 9.96. The zero-order valence-corrected chi connectivity index (χ0v) is 8.11. The van der Waals surface area contributed by atoms with Gasteiger partial charge < -0.3 is 10.5 Å². The van der Waals surface area contributed by atoms with Crippen molar-refractivity contribution >= 4 is 5.78 Å². The van der Waals surface area contributed by atoms with Crippen LogP contribution in [0.5, 0.6) is 0 Å². The third-order valence-electron chi connectivity index (χ3n) is 0.610. The summed E-state index contributed by atoms with van der Waals surface area (Å²) >= 11 is 0. The van der Waals surface area contributed by atoms with Crippen molar-refractivity contribution in [1.29, 1.82) is 0 Å². The normalized spacial score (nSPS) is 11.9. The van der Waals surface area contributed by atoms with Gasteiger partial charge in [0.15, 0.2) is 0 Å². The number of hydrogen-bond donors (Lipinski definition) is 0. The number of nitrogens with one attached hydrogen (secondary N) is 1. The molecule has 0 aliphatic rings. The minimum absolute atomic E-state index is 0. The summed E-state index contributed by atoms with van der Waals surface area (Å²) in [5.41, 5.74) is 6.68. The maximum Gasteiger partial charge on any atom is 1.00 e. The molecule has 0 aromatic rings. The third-order valence-corrected chi connectivity index (χ3v) is 0.610. The van der Waals surface area contributed by atoms with E-state index < -0.39 is 6.04 Å². The average molecular weight is 125 g/mol. The minimum atomic E-state index is -0.537. The van der Waals surface area contributed by atoms with Gasteiger partial charge in [0.1, 0.15) is 5.78 Å². The third kappa shape index (κ3) is 7.27. The Hall–Kier alpha value is 1.27. The number of Topliss-reactive ketones (excluding diaryl/α,β-unsaturated/α-hetero) is 1. The first kappa shape index (κ1) is 11.1. The Balaban J connectivity index is 0. The molecule has 0 aliphatic heterocycles. The molecule has 0 spiro atoms. The molecule has 1 atom stereocenters. The van der Waals surface area contributed by atoms with E-state index in [1.807, 2.05) is 0 Å². The fraction of sp³-hybridized carbons (Fsp3) is 0.750. The van der Waals surface area contributed by atoms with Gasteiger partial charge in [-0.1, -0.05) is 13.0 Å². The van der Waals surface area contributed by atoms with Crippen LogP contribution in [0, 0.1) is 0 Å². The predicted molar refractivity (Wildman–Crippen MR) is 24.5 cm³/mol. The molecule has 0 rings (SSSR count). The Bertz CT molecular complexity index is 62.7. The Morgan fingerprint density at radius 1 is 1.71 bits per heavy atom. The molecule has 0 saturated carbocycles. The predicted octanol–water partition coefficient (Wildman–Crippen LogP) is -1.98. The van der Waals surface area contributed by atoms with Gasteiger partial charge in [-0.05, 0) is 6.92 Å². The summed E-state index contributed by atoms with van der Waals surface area (Å²) in [7, 11) is 0. The molecular weight excluding hydrogens is 117 g/mol. The molecule has 1 unspecified atom stereocenters. The topological polar surface area (TPSA) is 40.9 Å². The SMILES string of the molecule is CC(=O)C(C)[NH-].[K+]. The van der Waals surface area contributed by atoms with Gasteiger partial charge in [0, 0.05) is 0 Å². The molecule has 0 saturated heterocycles. The molecule has 36 valence electrons. The van der Waals surface area contributed by atoms with E-state index >= 15 is 0 Å². The van der Waals surface area contributed by atoms with Crippen molar-refractivity contribution in [2.45, 2.75) is 19.9 Å². The van der Waals surface area contributed by atoms with Gasteiger partial charge in [0.25, 0.3) is 0 Å². The first-order chi connectivity index (χ1) is 2.64. The minimum Gasteiger partial charge on any atom is -0.669 e. The van der Waals surface area contributed by atoms with E-state index in [4.69, 9.17) is 5.73 Å². The molecule has 0 aliphatic carbocycles. The van der Waals surface area contributed by atoms with Crippen molar-refractivity contribution in [2.24, 2.45) is 0 Å². The first-order valence-electron chi connectivity index (χ1n) is 1.86. The fourth-order valence-electron chi connectivity index (χ4n) is 0. The van der Waals surface area contributed by atoms with Crippen molar-refractivity contribution in [2.75, 3.05) is 0 Å². The van der Waals surface area contributed by atoms with E-state index in [2.05, 4.69) is 0 Å². The maximum absolute atomic E-state index is 9.96. The standard InChI is InChI=1S/C4H8NO.K/c1-3(5)4(2)6;/h3,5H,1-2H3;/q-1;+1. The molecule has 7 heavy (non-hydrogen) atoms. The smallest absolute Gasteiger partial charge is 0.669 e. The van der Waals surface area contributed by atoms with Crippen molar-refractivity contribution in [3.63, 3.8) is 0 Å². The molecule has 0 heterocycles. The summed E-state index contributed by atoms with van der Waals surface area (Å²) in [5, 5.41) is 0. The average Bonchev–Trinajstić information content (AvgIpc) is 1.36. The molecular formula is C4H8KNO. The molecule has 0 bridgehead atoms. The fourth-order valence-corrected chi connectivity index (χ4v) is 0. The van der Waals surface area contributed by atoms with E-state index in [1.165, 1.54) is 6.92 Å². The first-order valence-corrected chi connectivity index (χ1v) is 1.86. The van der Waals surface area contributed by atoms with Gasteiger partial charge in [0.2, 0.25) is 0 Å². The molecule has 1 N–H and O–H groups in total. The molecule has 3 heteroatoms. The van der Waals surface area contributed by atoms with Gasteiger partial charge in [-0.15, -0.1) is 0 Å². The Labute approximate surface area is 86.3 Å². The van der Waals surface area contributed by atoms with Gasteiger partial charge in [-0.3, -0.25) is 0 Å². The monoisotopic (exact) mass is 125 g/mol. The molecule has 0 radical (unpaired) electrons. The number of carbonyl (C=O) groups excluding carboxylic acids is 1. The quantitative estimate of drug-likeness (QED) is 0.374. The molecule has 0 aromatic heterocycles. The molecule has 2 nitrogen and oxygen atoms in total. The molecule has 0 aromatic carbocycles. The largest absolute Gasteiger partial charge is 1.00 e. The van der Waals surface area contributed by atoms with Crippen LogP contribution in [0.2, 0.25) is 0 Å². The van der Waals surface area contributed by atoms with Crippen molar-refractivity contribution < 1.29 is 56.2 Å². The number of carbonyl (C=O) groups is 1. The summed E-state index contributed by atoms with van der Waals surface area (Å²) in [6, 6.07) is -0.537. The summed E-state index contributed by atoms with van der Waals surface area (Å²) in [6.07, 6.45) is 0. The van der Waals surface area contributed by atoms with Crippen LogP contribution < -0.4 is 51.4 Å². The van der Waals surface area contributed by atoms with E-state index in [0.717, 1.165) is 0 Å². The van der Waals surface area contributed by atoms with Crippen LogP contribution in [0.15, 0.2) is 0 Å².